The van der Waals surface area contributed by atoms with Crippen molar-refractivity contribution >= 4 is 5.69 Å². The molecule has 1 aliphatic carbocycles. The molecule has 0 spiro atoms. The molecule has 0 saturated heterocycles. The van der Waals surface area contributed by atoms with Crippen molar-refractivity contribution in [1.82, 2.24) is 0 Å². The fraction of sp³-hybridized carbons (Fsp3) is 0.333. The number of hydrogen-bond acceptors (Lipinski definition) is 1. The summed E-state index contributed by atoms with van der Waals surface area (Å²) in [6.07, 6.45) is 2.49. The van der Waals surface area contributed by atoms with Crippen LogP contribution in [0.5, 0.6) is 0 Å². The molecule has 0 amide bonds. The van der Waals surface area contributed by atoms with Crippen molar-refractivity contribution in [3.8, 4) is 0 Å². The number of nitrogens with one attached hydrogen (secondary N) is 1. The van der Waals surface area contributed by atoms with Gasteiger partial charge in [0.25, 0.3) is 0 Å². The van der Waals surface area contributed by atoms with Crippen LogP contribution in [-0.2, 0) is 0 Å². The quantitative estimate of drug-likeness (QED) is 0.684. The van der Waals surface area contributed by atoms with E-state index in [1.165, 1.54) is 25.0 Å². The standard InChI is InChI=1S/C9H10FN/c10-7-1-3-8(4-2-7)11-9-5-6-9/h1-4,9,11H,5-6H2. The first-order valence-electron chi connectivity index (χ1n) is 3.87. The summed E-state index contributed by atoms with van der Waals surface area (Å²) in [5, 5.41) is 3.28. The number of anilines is 1. The average Bonchev–Trinajstić information content (AvgIpc) is 2.78. The third-order valence-electron chi connectivity index (χ3n) is 1.79. The number of halogens is 1. The predicted octanol–water partition coefficient (Wildman–Crippen LogP) is 2.40. The Bertz CT molecular complexity index is 238. The summed E-state index contributed by atoms with van der Waals surface area (Å²) in [5.74, 6) is -0.175. The third-order valence-corrected chi connectivity index (χ3v) is 1.79. The summed E-state index contributed by atoms with van der Waals surface area (Å²) in [4.78, 5) is 0. The third kappa shape index (κ3) is 1.70. The minimum absolute atomic E-state index is 0.175. The molecule has 58 valence electrons. The summed E-state index contributed by atoms with van der Waals surface area (Å²) in [6, 6.07) is 7.14. The van der Waals surface area contributed by atoms with Crippen LogP contribution >= 0.6 is 0 Å². The van der Waals surface area contributed by atoms with Gasteiger partial charge in [0.2, 0.25) is 0 Å². The van der Waals surface area contributed by atoms with E-state index < -0.39 is 0 Å². The Kier molecular flexibility index (Phi) is 1.53. The van der Waals surface area contributed by atoms with Gasteiger partial charge in [0, 0.05) is 11.7 Å². The Balaban J connectivity index is 2.06. The van der Waals surface area contributed by atoms with Crippen LogP contribution in [-0.4, -0.2) is 6.04 Å². The Hall–Kier alpha value is -1.05. The highest BCUT2D eigenvalue weighted by atomic mass is 19.1. The van der Waals surface area contributed by atoms with E-state index in [2.05, 4.69) is 5.32 Å². The first kappa shape index (κ1) is 6.65. The maximum absolute atomic E-state index is 12.4. The molecule has 0 atom stereocenters. The van der Waals surface area contributed by atoms with Crippen LogP contribution in [0.3, 0.4) is 0 Å². The summed E-state index contributed by atoms with van der Waals surface area (Å²) < 4.78 is 12.4. The molecule has 2 rings (SSSR count). The lowest BCUT2D eigenvalue weighted by atomic mass is 10.3. The molecule has 0 bridgehead atoms. The normalized spacial score (nSPS) is 16.5. The molecule has 0 unspecified atom stereocenters. The molecule has 1 aromatic rings. The lowest BCUT2D eigenvalue weighted by Gasteiger charge is -2.02. The van der Waals surface area contributed by atoms with Crippen molar-refractivity contribution in [2.24, 2.45) is 0 Å². The van der Waals surface area contributed by atoms with E-state index >= 15 is 0 Å². The number of benzene rings is 1. The van der Waals surface area contributed by atoms with Gasteiger partial charge in [0.1, 0.15) is 5.82 Å². The van der Waals surface area contributed by atoms with Crippen molar-refractivity contribution in [2.45, 2.75) is 18.9 Å². The van der Waals surface area contributed by atoms with Gasteiger partial charge in [-0.25, -0.2) is 4.39 Å². The van der Waals surface area contributed by atoms with Gasteiger partial charge in [0.05, 0.1) is 0 Å². The summed E-state index contributed by atoms with van der Waals surface area (Å²) in [5.41, 5.74) is 1.02. The van der Waals surface area contributed by atoms with Gasteiger partial charge in [-0.3, -0.25) is 0 Å². The molecule has 1 aliphatic rings. The summed E-state index contributed by atoms with van der Waals surface area (Å²) in [7, 11) is 0. The topological polar surface area (TPSA) is 12.0 Å². The van der Waals surface area contributed by atoms with Crippen molar-refractivity contribution in [3.63, 3.8) is 0 Å². The van der Waals surface area contributed by atoms with Gasteiger partial charge < -0.3 is 5.32 Å². The summed E-state index contributed by atoms with van der Waals surface area (Å²) >= 11 is 0. The van der Waals surface area contributed by atoms with Crippen LogP contribution in [0.4, 0.5) is 10.1 Å². The van der Waals surface area contributed by atoms with E-state index in [1.54, 1.807) is 12.1 Å². The van der Waals surface area contributed by atoms with Gasteiger partial charge >= 0.3 is 0 Å². The minimum Gasteiger partial charge on any atom is -0.382 e. The lowest BCUT2D eigenvalue weighted by molar-refractivity contribution is 0.628. The minimum atomic E-state index is -0.175. The van der Waals surface area contributed by atoms with Crippen LogP contribution < -0.4 is 5.32 Å². The largest absolute Gasteiger partial charge is 0.382 e. The van der Waals surface area contributed by atoms with Crippen molar-refractivity contribution in [2.75, 3.05) is 5.32 Å². The monoisotopic (exact) mass is 151 g/mol. The fourth-order valence-corrected chi connectivity index (χ4v) is 1.01. The molecule has 1 saturated carbocycles. The van der Waals surface area contributed by atoms with E-state index in [0.29, 0.717) is 6.04 Å². The lowest BCUT2D eigenvalue weighted by Crippen LogP contribution is -1.99. The zero-order valence-corrected chi connectivity index (χ0v) is 6.18. The molecule has 11 heavy (non-hydrogen) atoms. The van der Waals surface area contributed by atoms with Gasteiger partial charge in [-0.1, -0.05) is 0 Å². The van der Waals surface area contributed by atoms with Crippen LogP contribution in [0.15, 0.2) is 24.3 Å². The van der Waals surface area contributed by atoms with Gasteiger partial charge in [-0.2, -0.15) is 0 Å². The van der Waals surface area contributed by atoms with Crippen LogP contribution in [0.25, 0.3) is 0 Å². The molecular weight excluding hydrogens is 141 g/mol. The van der Waals surface area contributed by atoms with Gasteiger partial charge in [-0.05, 0) is 37.1 Å². The maximum Gasteiger partial charge on any atom is 0.123 e. The molecule has 1 aromatic carbocycles. The number of rotatable bonds is 2. The molecule has 1 nitrogen and oxygen atoms in total. The van der Waals surface area contributed by atoms with Gasteiger partial charge in [-0.15, -0.1) is 0 Å². The second kappa shape index (κ2) is 2.53. The van der Waals surface area contributed by atoms with Crippen molar-refractivity contribution in [3.05, 3.63) is 30.1 Å². The van der Waals surface area contributed by atoms with Crippen LogP contribution in [0.1, 0.15) is 12.8 Å². The SMILES string of the molecule is Fc1ccc(NC2CC2)cc1. The Morgan fingerprint density at radius 2 is 1.82 bits per heavy atom. The zero-order chi connectivity index (χ0) is 7.68. The van der Waals surface area contributed by atoms with E-state index in [9.17, 15) is 4.39 Å². The van der Waals surface area contributed by atoms with Crippen LogP contribution in [0.2, 0.25) is 0 Å². The van der Waals surface area contributed by atoms with E-state index in [1.807, 2.05) is 0 Å². The highest BCUT2D eigenvalue weighted by Gasteiger charge is 2.20. The molecule has 0 aliphatic heterocycles. The van der Waals surface area contributed by atoms with Crippen molar-refractivity contribution < 1.29 is 4.39 Å². The van der Waals surface area contributed by atoms with E-state index in [-0.39, 0.29) is 5.82 Å². The Morgan fingerprint density at radius 1 is 1.18 bits per heavy atom. The Morgan fingerprint density at radius 3 is 2.36 bits per heavy atom. The zero-order valence-electron chi connectivity index (χ0n) is 6.18. The van der Waals surface area contributed by atoms with Crippen molar-refractivity contribution in [1.29, 1.82) is 0 Å². The highest BCUT2D eigenvalue weighted by molar-refractivity contribution is 5.44. The van der Waals surface area contributed by atoms with E-state index in [0.717, 1.165) is 5.69 Å². The molecule has 1 fully saturated rings. The fourth-order valence-electron chi connectivity index (χ4n) is 1.01. The molecular formula is C9H10FN. The van der Waals surface area contributed by atoms with Crippen LogP contribution in [0, 0.1) is 5.82 Å². The summed E-state index contributed by atoms with van der Waals surface area (Å²) in [6.45, 7) is 0. The second-order valence-corrected chi connectivity index (χ2v) is 2.93. The average molecular weight is 151 g/mol. The Labute approximate surface area is 65.2 Å². The molecule has 1 N–H and O–H groups in total. The second-order valence-electron chi connectivity index (χ2n) is 2.93. The smallest absolute Gasteiger partial charge is 0.123 e. The van der Waals surface area contributed by atoms with Gasteiger partial charge in [0.15, 0.2) is 0 Å². The molecule has 0 radical (unpaired) electrons. The molecule has 2 heteroatoms. The first-order chi connectivity index (χ1) is 5.34. The predicted molar refractivity (Wildman–Crippen MR) is 43.0 cm³/mol. The highest BCUT2D eigenvalue weighted by Crippen LogP contribution is 2.24. The van der Waals surface area contributed by atoms with E-state index in [4.69, 9.17) is 0 Å². The number of hydrogen-bond donors (Lipinski definition) is 1. The molecule has 0 aromatic heterocycles. The maximum atomic E-state index is 12.4. The molecule has 0 heterocycles. The first-order valence-corrected chi connectivity index (χ1v) is 3.87.